The second-order valence-electron chi connectivity index (χ2n) is 4.29. The molecule has 6 N–H and O–H groups in total. The molecule has 0 aliphatic heterocycles. The molecule has 8 heteroatoms. The molecule has 110 valence electrons. The van der Waals surface area contributed by atoms with Gasteiger partial charge in [-0.05, 0) is 25.0 Å². The Kier molecular flexibility index (Phi) is 6.83. The van der Waals surface area contributed by atoms with Gasteiger partial charge in [-0.15, -0.1) is 0 Å². The number of nitrogens with one attached hydrogen (secondary N) is 2. The molecule has 0 aliphatic carbocycles. The van der Waals surface area contributed by atoms with Crippen LogP contribution in [0.3, 0.4) is 0 Å². The van der Waals surface area contributed by atoms with E-state index in [0.29, 0.717) is 13.1 Å². The first-order valence-corrected chi connectivity index (χ1v) is 6.33. The van der Waals surface area contributed by atoms with Gasteiger partial charge in [-0.2, -0.15) is 0 Å². The first kappa shape index (κ1) is 15.7. The highest BCUT2D eigenvalue weighted by molar-refractivity contribution is 5.76. The van der Waals surface area contributed by atoms with Crippen LogP contribution < -0.4 is 22.2 Å². The van der Waals surface area contributed by atoms with Gasteiger partial charge < -0.3 is 16.8 Å². The zero-order valence-corrected chi connectivity index (χ0v) is 11.2. The van der Waals surface area contributed by atoms with Gasteiger partial charge in [0.25, 0.3) is 5.96 Å². The zero-order valence-electron chi connectivity index (χ0n) is 11.2. The molecular formula is C12H20N6O2. The molecule has 0 amide bonds. The van der Waals surface area contributed by atoms with Gasteiger partial charge in [-0.25, -0.2) is 15.1 Å². The van der Waals surface area contributed by atoms with Gasteiger partial charge in [-0.1, -0.05) is 23.6 Å². The predicted molar refractivity (Wildman–Crippen MR) is 78.8 cm³/mol. The lowest BCUT2D eigenvalue weighted by Gasteiger charge is -2.13. The second kappa shape index (κ2) is 8.70. The average Bonchev–Trinajstić information content (AvgIpc) is 2.42. The van der Waals surface area contributed by atoms with Gasteiger partial charge >= 0.3 is 0 Å². The van der Waals surface area contributed by atoms with E-state index in [1.807, 2.05) is 30.3 Å². The molecule has 0 fully saturated rings. The van der Waals surface area contributed by atoms with Crippen LogP contribution >= 0.6 is 0 Å². The van der Waals surface area contributed by atoms with Crippen LogP contribution in [0.2, 0.25) is 0 Å². The van der Waals surface area contributed by atoms with Gasteiger partial charge in [0.2, 0.25) is 0 Å². The van der Waals surface area contributed by atoms with Gasteiger partial charge in [0.05, 0.1) is 0 Å². The standard InChI is InChI=1S/C12H20N6O2/c13-10(9-16-11-6-2-1-3-7-11)5-4-8-15-12(14)17-18(19)20/h1-3,6-7,10,16H,4-5,8-9,13H2,(H3,14,15,17). The number of benzene rings is 1. The van der Waals surface area contributed by atoms with Crippen LogP contribution in [0.5, 0.6) is 0 Å². The molecule has 1 atom stereocenters. The number of hydrazine groups is 1. The van der Waals surface area contributed by atoms with Crippen LogP contribution in [0, 0.1) is 10.1 Å². The van der Waals surface area contributed by atoms with Crippen molar-refractivity contribution in [3.63, 3.8) is 0 Å². The maximum atomic E-state index is 10.1. The fourth-order valence-corrected chi connectivity index (χ4v) is 1.59. The Morgan fingerprint density at radius 3 is 2.75 bits per heavy atom. The third kappa shape index (κ3) is 7.17. The summed E-state index contributed by atoms with van der Waals surface area (Å²) in [7, 11) is 0. The summed E-state index contributed by atoms with van der Waals surface area (Å²) in [6.45, 7) is 1.07. The second-order valence-corrected chi connectivity index (χ2v) is 4.29. The van der Waals surface area contributed by atoms with Gasteiger partial charge in [0.1, 0.15) is 0 Å². The first-order valence-electron chi connectivity index (χ1n) is 6.33. The number of hydrogen-bond donors (Lipinski definition) is 4. The largest absolute Gasteiger partial charge is 0.383 e. The first-order chi connectivity index (χ1) is 9.58. The summed E-state index contributed by atoms with van der Waals surface area (Å²) in [6, 6.07) is 9.80. The summed E-state index contributed by atoms with van der Waals surface area (Å²) in [6.07, 6.45) is 1.48. The number of guanidine groups is 1. The molecule has 1 aromatic rings. The lowest BCUT2D eigenvalue weighted by Crippen LogP contribution is -2.36. The van der Waals surface area contributed by atoms with E-state index in [-0.39, 0.29) is 12.0 Å². The SMILES string of the molecule is NC(=NCCCC(N)CNc1ccccc1)N[N+](=O)[O-]. The molecule has 1 aromatic carbocycles. The maximum Gasteiger partial charge on any atom is 0.251 e. The molecule has 0 aliphatic rings. The van der Waals surface area contributed by atoms with Gasteiger partial charge in [0.15, 0.2) is 5.03 Å². The summed E-state index contributed by atoms with van der Waals surface area (Å²) in [5.74, 6) is -0.189. The molecule has 0 saturated carbocycles. The molecule has 1 unspecified atom stereocenters. The highest BCUT2D eigenvalue weighted by Gasteiger charge is 2.03. The Balaban J connectivity index is 2.14. The van der Waals surface area contributed by atoms with Crippen molar-refractivity contribution in [2.75, 3.05) is 18.4 Å². The Bertz CT molecular complexity index is 437. The van der Waals surface area contributed by atoms with Crippen LogP contribution in [-0.4, -0.2) is 30.1 Å². The molecule has 0 spiro atoms. The predicted octanol–water partition coefficient (Wildman–Crippen LogP) is 0.302. The lowest BCUT2D eigenvalue weighted by atomic mass is 10.1. The van der Waals surface area contributed by atoms with Crippen molar-refractivity contribution in [3.8, 4) is 0 Å². The summed E-state index contributed by atoms with van der Waals surface area (Å²) >= 11 is 0. The smallest absolute Gasteiger partial charge is 0.251 e. The molecule has 0 saturated heterocycles. The normalized spacial score (nSPS) is 12.8. The minimum Gasteiger partial charge on any atom is -0.383 e. The van der Waals surface area contributed by atoms with Crippen molar-refractivity contribution in [2.45, 2.75) is 18.9 Å². The van der Waals surface area contributed by atoms with Gasteiger partial charge in [0, 0.05) is 24.8 Å². The van der Waals surface area contributed by atoms with E-state index in [2.05, 4.69) is 10.3 Å². The topological polar surface area (TPSA) is 132 Å². The van der Waals surface area contributed by atoms with E-state index in [4.69, 9.17) is 11.5 Å². The minimum atomic E-state index is -0.742. The fourth-order valence-electron chi connectivity index (χ4n) is 1.59. The van der Waals surface area contributed by atoms with Crippen molar-refractivity contribution < 1.29 is 5.03 Å². The van der Waals surface area contributed by atoms with E-state index in [0.717, 1.165) is 18.5 Å². The molecule has 1 rings (SSSR count). The Labute approximate surface area is 117 Å². The Morgan fingerprint density at radius 2 is 2.10 bits per heavy atom. The summed E-state index contributed by atoms with van der Waals surface area (Å²) in [4.78, 5) is 13.9. The van der Waals surface area contributed by atoms with E-state index in [9.17, 15) is 10.1 Å². The zero-order chi connectivity index (χ0) is 14.8. The number of nitro groups is 1. The third-order valence-electron chi connectivity index (χ3n) is 2.56. The minimum absolute atomic E-state index is 0.00453. The van der Waals surface area contributed by atoms with E-state index in [1.54, 1.807) is 5.43 Å². The Morgan fingerprint density at radius 1 is 1.40 bits per heavy atom. The molecule has 20 heavy (non-hydrogen) atoms. The number of anilines is 1. The number of nitrogens with two attached hydrogens (primary N) is 2. The van der Waals surface area contributed by atoms with Crippen LogP contribution in [-0.2, 0) is 0 Å². The van der Waals surface area contributed by atoms with E-state index < -0.39 is 5.03 Å². The highest BCUT2D eigenvalue weighted by atomic mass is 16.7. The number of para-hydroxylation sites is 1. The third-order valence-corrected chi connectivity index (χ3v) is 2.56. The lowest BCUT2D eigenvalue weighted by molar-refractivity contribution is -0.525. The summed E-state index contributed by atoms with van der Waals surface area (Å²) < 4.78 is 0. The van der Waals surface area contributed by atoms with Crippen LogP contribution in [0.1, 0.15) is 12.8 Å². The number of rotatable bonds is 8. The average molecular weight is 280 g/mol. The fraction of sp³-hybridized carbons (Fsp3) is 0.417. The molecular weight excluding hydrogens is 260 g/mol. The molecule has 8 nitrogen and oxygen atoms in total. The van der Waals surface area contributed by atoms with Crippen molar-refractivity contribution in [1.82, 2.24) is 5.43 Å². The molecule has 0 radical (unpaired) electrons. The number of aliphatic imine (C=N–C) groups is 1. The van der Waals surface area contributed by atoms with Crippen LogP contribution in [0.4, 0.5) is 5.69 Å². The summed E-state index contributed by atoms with van der Waals surface area (Å²) in [5, 5.41) is 12.6. The molecule has 0 aromatic heterocycles. The van der Waals surface area contributed by atoms with E-state index >= 15 is 0 Å². The van der Waals surface area contributed by atoms with Crippen molar-refractivity contribution in [2.24, 2.45) is 16.5 Å². The summed E-state index contributed by atoms with van der Waals surface area (Å²) in [5.41, 5.74) is 14.0. The van der Waals surface area contributed by atoms with Crippen molar-refractivity contribution >= 4 is 11.6 Å². The number of nitrogens with zero attached hydrogens (tertiary/aromatic N) is 2. The van der Waals surface area contributed by atoms with Gasteiger partial charge in [-0.3, -0.25) is 0 Å². The molecule has 0 bridgehead atoms. The maximum absolute atomic E-state index is 10.1. The van der Waals surface area contributed by atoms with Crippen molar-refractivity contribution in [1.29, 1.82) is 0 Å². The van der Waals surface area contributed by atoms with Crippen LogP contribution in [0.25, 0.3) is 0 Å². The van der Waals surface area contributed by atoms with E-state index in [1.165, 1.54) is 0 Å². The quantitative estimate of drug-likeness (QED) is 0.178. The molecule has 0 heterocycles. The number of hydrogen-bond acceptors (Lipinski definition) is 5. The van der Waals surface area contributed by atoms with Crippen molar-refractivity contribution in [3.05, 3.63) is 40.4 Å². The highest BCUT2D eigenvalue weighted by Crippen LogP contribution is 2.05. The Hall–Kier alpha value is -2.35. The van der Waals surface area contributed by atoms with Crippen LogP contribution in [0.15, 0.2) is 35.3 Å². The monoisotopic (exact) mass is 280 g/mol.